The molecule has 0 aliphatic rings. The molecule has 0 aromatic heterocycles. The Balaban J connectivity index is 2.04. The van der Waals surface area contributed by atoms with Gasteiger partial charge in [0.1, 0.15) is 12.4 Å². The summed E-state index contributed by atoms with van der Waals surface area (Å²) in [5.74, 6) is -1.26. The molecule has 1 atom stereocenters. The number of nitrogens with two attached hydrogens (primary N) is 1. The number of halogens is 2. The number of ether oxygens (including phenoxy) is 1. The Bertz CT molecular complexity index is 572. The van der Waals surface area contributed by atoms with E-state index in [-0.39, 0.29) is 18.4 Å². The van der Waals surface area contributed by atoms with Gasteiger partial charge in [0, 0.05) is 6.07 Å². The Hall–Kier alpha value is -1.94. The lowest BCUT2D eigenvalue weighted by molar-refractivity contribution is 0.276. The fourth-order valence-electron chi connectivity index (χ4n) is 1.76. The van der Waals surface area contributed by atoms with Crippen molar-refractivity contribution >= 4 is 0 Å². The molecule has 0 spiro atoms. The lowest BCUT2D eigenvalue weighted by Crippen LogP contribution is -2.19. The van der Waals surface area contributed by atoms with Crippen molar-refractivity contribution in [1.82, 2.24) is 0 Å². The third kappa shape index (κ3) is 3.51. The second kappa shape index (κ2) is 5.80. The van der Waals surface area contributed by atoms with E-state index in [0.29, 0.717) is 0 Å². The number of benzene rings is 2. The van der Waals surface area contributed by atoms with Crippen molar-refractivity contribution in [2.75, 3.05) is 6.61 Å². The molecule has 0 heterocycles. The van der Waals surface area contributed by atoms with Crippen LogP contribution in [-0.4, -0.2) is 6.61 Å². The molecule has 0 saturated heterocycles. The number of rotatable bonds is 4. The SMILES string of the molecule is Cc1cccc(C(N)COc2cc(F)ccc2F)c1. The molecule has 2 aromatic rings. The van der Waals surface area contributed by atoms with E-state index in [0.717, 1.165) is 29.3 Å². The summed E-state index contributed by atoms with van der Waals surface area (Å²) in [7, 11) is 0. The molecule has 0 aliphatic carbocycles. The highest BCUT2D eigenvalue weighted by molar-refractivity contribution is 5.27. The first-order chi connectivity index (χ1) is 9.06. The average molecular weight is 263 g/mol. The first kappa shape index (κ1) is 13.5. The van der Waals surface area contributed by atoms with Crippen LogP contribution in [0.3, 0.4) is 0 Å². The predicted molar refractivity (Wildman–Crippen MR) is 70.0 cm³/mol. The highest BCUT2D eigenvalue weighted by atomic mass is 19.1. The van der Waals surface area contributed by atoms with Gasteiger partial charge in [-0.25, -0.2) is 8.78 Å². The van der Waals surface area contributed by atoms with Gasteiger partial charge in [0.2, 0.25) is 0 Å². The summed E-state index contributed by atoms with van der Waals surface area (Å²) in [6, 6.07) is 10.4. The zero-order valence-corrected chi connectivity index (χ0v) is 10.6. The molecule has 2 nitrogen and oxygen atoms in total. The van der Waals surface area contributed by atoms with Gasteiger partial charge in [-0.1, -0.05) is 29.8 Å². The third-order valence-electron chi connectivity index (χ3n) is 2.78. The van der Waals surface area contributed by atoms with Crippen LogP contribution in [0.25, 0.3) is 0 Å². The molecule has 0 amide bonds. The molecule has 2 rings (SSSR count). The Labute approximate surface area is 110 Å². The fraction of sp³-hybridized carbons (Fsp3) is 0.200. The van der Waals surface area contributed by atoms with E-state index in [1.165, 1.54) is 0 Å². The number of hydrogen-bond donors (Lipinski definition) is 1. The van der Waals surface area contributed by atoms with Crippen LogP contribution in [0.5, 0.6) is 5.75 Å². The minimum atomic E-state index is -0.599. The fourth-order valence-corrected chi connectivity index (χ4v) is 1.76. The second-order valence-corrected chi connectivity index (χ2v) is 4.41. The molecule has 2 N–H and O–H groups in total. The molecule has 0 aliphatic heterocycles. The Morgan fingerprint density at radius 3 is 2.68 bits per heavy atom. The van der Waals surface area contributed by atoms with E-state index in [1.54, 1.807) is 0 Å². The van der Waals surface area contributed by atoms with E-state index in [9.17, 15) is 8.78 Å². The van der Waals surface area contributed by atoms with E-state index in [1.807, 2.05) is 31.2 Å². The monoisotopic (exact) mass is 263 g/mol. The quantitative estimate of drug-likeness (QED) is 0.918. The van der Waals surface area contributed by atoms with E-state index >= 15 is 0 Å². The maximum absolute atomic E-state index is 13.4. The highest BCUT2D eigenvalue weighted by Gasteiger charge is 2.10. The number of aryl methyl sites for hydroxylation is 1. The van der Waals surface area contributed by atoms with E-state index in [2.05, 4.69) is 0 Å². The van der Waals surface area contributed by atoms with Crippen LogP contribution in [0, 0.1) is 18.6 Å². The lowest BCUT2D eigenvalue weighted by Gasteiger charge is -2.14. The van der Waals surface area contributed by atoms with Crippen molar-refractivity contribution in [3.05, 3.63) is 65.2 Å². The van der Waals surface area contributed by atoms with Crippen molar-refractivity contribution in [2.24, 2.45) is 5.73 Å². The lowest BCUT2D eigenvalue weighted by atomic mass is 10.1. The zero-order valence-electron chi connectivity index (χ0n) is 10.6. The standard InChI is InChI=1S/C15H15F2NO/c1-10-3-2-4-11(7-10)14(18)9-19-15-8-12(16)5-6-13(15)17/h2-8,14H,9,18H2,1H3. The number of hydrogen-bond acceptors (Lipinski definition) is 2. The first-order valence-electron chi connectivity index (χ1n) is 5.96. The van der Waals surface area contributed by atoms with Gasteiger partial charge in [0.05, 0.1) is 6.04 Å². The predicted octanol–water partition coefficient (Wildman–Crippen LogP) is 3.35. The van der Waals surface area contributed by atoms with Gasteiger partial charge in [-0.15, -0.1) is 0 Å². The van der Waals surface area contributed by atoms with Gasteiger partial charge < -0.3 is 10.5 Å². The highest BCUT2D eigenvalue weighted by Crippen LogP contribution is 2.20. The molecule has 0 saturated carbocycles. The van der Waals surface area contributed by atoms with Crippen LogP contribution in [0.4, 0.5) is 8.78 Å². The van der Waals surface area contributed by atoms with Crippen LogP contribution in [0.1, 0.15) is 17.2 Å². The molecule has 100 valence electrons. The van der Waals surface area contributed by atoms with Crippen LogP contribution < -0.4 is 10.5 Å². The molecule has 4 heteroatoms. The van der Waals surface area contributed by atoms with Crippen LogP contribution in [0.15, 0.2) is 42.5 Å². The summed E-state index contributed by atoms with van der Waals surface area (Å²) in [5, 5.41) is 0. The Morgan fingerprint density at radius 2 is 1.95 bits per heavy atom. The van der Waals surface area contributed by atoms with Gasteiger partial charge in [0.15, 0.2) is 11.6 Å². The summed E-state index contributed by atoms with van der Waals surface area (Å²) in [6.45, 7) is 2.05. The Kier molecular flexibility index (Phi) is 4.12. The summed E-state index contributed by atoms with van der Waals surface area (Å²) in [5.41, 5.74) is 7.95. The summed E-state index contributed by atoms with van der Waals surface area (Å²) in [4.78, 5) is 0. The van der Waals surface area contributed by atoms with Crippen molar-refractivity contribution in [1.29, 1.82) is 0 Å². The van der Waals surface area contributed by atoms with Crippen LogP contribution in [-0.2, 0) is 0 Å². The summed E-state index contributed by atoms with van der Waals surface area (Å²) >= 11 is 0. The van der Waals surface area contributed by atoms with E-state index < -0.39 is 11.6 Å². The van der Waals surface area contributed by atoms with Crippen LogP contribution >= 0.6 is 0 Å². The van der Waals surface area contributed by atoms with Crippen molar-refractivity contribution in [3.63, 3.8) is 0 Å². The molecule has 2 aromatic carbocycles. The molecule has 1 unspecified atom stereocenters. The van der Waals surface area contributed by atoms with Crippen molar-refractivity contribution in [2.45, 2.75) is 13.0 Å². The van der Waals surface area contributed by atoms with E-state index in [4.69, 9.17) is 10.5 Å². The molecule has 0 radical (unpaired) electrons. The molecule has 19 heavy (non-hydrogen) atoms. The molecular formula is C15H15F2NO. The minimum absolute atomic E-state index is 0.0871. The summed E-state index contributed by atoms with van der Waals surface area (Å²) in [6.07, 6.45) is 0. The van der Waals surface area contributed by atoms with Gasteiger partial charge in [-0.2, -0.15) is 0 Å². The van der Waals surface area contributed by atoms with Gasteiger partial charge in [-0.3, -0.25) is 0 Å². The maximum atomic E-state index is 13.4. The largest absolute Gasteiger partial charge is 0.488 e. The average Bonchev–Trinajstić information content (AvgIpc) is 2.39. The molecule has 0 bridgehead atoms. The summed E-state index contributed by atoms with van der Waals surface area (Å²) < 4.78 is 31.6. The second-order valence-electron chi connectivity index (χ2n) is 4.41. The normalized spacial score (nSPS) is 12.2. The Morgan fingerprint density at radius 1 is 1.16 bits per heavy atom. The van der Waals surface area contributed by atoms with Crippen molar-refractivity contribution < 1.29 is 13.5 Å². The van der Waals surface area contributed by atoms with Gasteiger partial charge in [0.25, 0.3) is 0 Å². The van der Waals surface area contributed by atoms with Gasteiger partial charge in [-0.05, 0) is 24.6 Å². The third-order valence-corrected chi connectivity index (χ3v) is 2.78. The van der Waals surface area contributed by atoms with Crippen molar-refractivity contribution in [3.8, 4) is 5.75 Å². The maximum Gasteiger partial charge on any atom is 0.165 e. The minimum Gasteiger partial charge on any atom is -0.488 e. The molecular weight excluding hydrogens is 248 g/mol. The smallest absolute Gasteiger partial charge is 0.165 e. The first-order valence-corrected chi connectivity index (χ1v) is 5.96. The van der Waals surface area contributed by atoms with Crippen LogP contribution in [0.2, 0.25) is 0 Å². The topological polar surface area (TPSA) is 35.2 Å². The molecule has 0 fully saturated rings. The van der Waals surface area contributed by atoms with Gasteiger partial charge >= 0.3 is 0 Å². The zero-order chi connectivity index (χ0) is 13.8.